The highest BCUT2D eigenvalue weighted by Crippen LogP contribution is 2.42. The van der Waals surface area contributed by atoms with Crippen LogP contribution >= 0.6 is 33.9 Å². The van der Waals surface area contributed by atoms with Gasteiger partial charge in [0.05, 0.1) is 16.8 Å². The fourth-order valence-corrected chi connectivity index (χ4v) is 3.21. The van der Waals surface area contributed by atoms with Crippen LogP contribution in [0, 0.1) is 6.92 Å². The third kappa shape index (κ3) is 2.07. The minimum absolute atomic E-state index is 0.147. The van der Waals surface area contributed by atoms with Crippen molar-refractivity contribution < 1.29 is 9.53 Å². The highest BCUT2D eigenvalue weighted by atomic mass is 127. The van der Waals surface area contributed by atoms with E-state index in [0.29, 0.717) is 11.7 Å². The minimum atomic E-state index is -0.147. The number of ether oxygens (including phenoxy) is 1. The first-order chi connectivity index (χ1) is 8.63. The number of hydrogen-bond donors (Lipinski definition) is 1. The first-order valence-corrected chi connectivity index (χ1v) is 7.09. The van der Waals surface area contributed by atoms with Gasteiger partial charge in [-0.25, -0.2) is 4.98 Å². The average Bonchev–Trinajstić information content (AvgIpc) is 2.70. The number of thiazole rings is 1. The van der Waals surface area contributed by atoms with Crippen molar-refractivity contribution in [2.45, 2.75) is 13.5 Å². The molecule has 18 heavy (non-hydrogen) atoms. The Hall–Kier alpha value is -1.22. The maximum atomic E-state index is 11.0. The quantitative estimate of drug-likeness (QED) is 0.473. The van der Waals surface area contributed by atoms with E-state index in [1.807, 2.05) is 13.0 Å². The number of aromatic nitrogens is 2. The summed E-state index contributed by atoms with van der Waals surface area (Å²) in [6.07, 6.45) is 1.73. The number of fused-ring (bicyclic) bond motifs is 3. The summed E-state index contributed by atoms with van der Waals surface area (Å²) in [7, 11) is 0. The van der Waals surface area contributed by atoms with E-state index in [-0.39, 0.29) is 3.91 Å². The van der Waals surface area contributed by atoms with Crippen LogP contribution in [0.3, 0.4) is 0 Å². The second kappa shape index (κ2) is 4.47. The van der Waals surface area contributed by atoms with Gasteiger partial charge in [-0.1, -0.05) is 11.3 Å². The lowest BCUT2D eigenvalue weighted by Crippen LogP contribution is -2.05. The molecule has 1 aliphatic heterocycles. The Morgan fingerprint density at radius 3 is 3.22 bits per heavy atom. The molecule has 0 saturated carbocycles. The fraction of sp³-hybridized carbons (Fsp3) is 0.182. The zero-order valence-corrected chi connectivity index (χ0v) is 12.3. The molecule has 0 unspecified atom stereocenters. The number of amides is 1. The van der Waals surface area contributed by atoms with Gasteiger partial charge in [0.2, 0.25) is 0 Å². The van der Waals surface area contributed by atoms with Gasteiger partial charge in [-0.15, -0.1) is 0 Å². The van der Waals surface area contributed by atoms with Crippen molar-refractivity contribution >= 4 is 43.0 Å². The molecule has 3 heterocycles. The molecule has 5 nitrogen and oxygen atoms in total. The molecule has 0 spiro atoms. The standard InChI is InChI=1S/C11H8IN3O2S/c1-5-2-6-8(3-13-5)17-4-7-9(6)18-11(14-7)15-10(12)16/h2-3H,4H2,1H3,(H,14,15,16). The average molecular weight is 373 g/mol. The molecule has 0 fully saturated rings. The molecular weight excluding hydrogens is 365 g/mol. The molecule has 0 aromatic carbocycles. The van der Waals surface area contributed by atoms with Crippen LogP contribution < -0.4 is 10.1 Å². The summed E-state index contributed by atoms with van der Waals surface area (Å²) in [4.78, 5) is 20.6. The Labute approximate surface area is 121 Å². The van der Waals surface area contributed by atoms with E-state index >= 15 is 0 Å². The number of aryl methyl sites for hydroxylation is 1. The lowest BCUT2D eigenvalue weighted by Gasteiger charge is -2.15. The van der Waals surface area contributed by atoms with Gasteiger partial charge in [0, 0.05) is 33.8 Å². The van der Waals surface area contributed by atoms with Crippen molar-refractivity contribution in [3.63, 3.8) is 0 Å². The van der Waals surface area contributed by atoms with Gasteiger partial charge < -0.3 is 4.74 Å². The zero-order chi connectivity index (χ0) is 12.7. The van der Waals surface area contributed by atoms with Crippen LogP contribution in [0.1, 0.15) is 11.4 Å². The third-order valence-corrected chi connectivity index (χ3v) is 3.83. The summed E-state index contributed by atoms with van der Waals surface area (Å²) in [5.41, 5.74) is 2.78. The minimum Gasteiger partial charge on any atom is -0.485 e. The summed E-state index contributed by atoms with van der Waals surface area (Å²) in [5.74, 6) is 0.768. The van der Waals surface area contributed by atoms with E-state index in [4.69, 9.17) is 4.74 Å². The van der Waals surface area contributed by atoms with Crippen molar-refractivity contribution in [1.29, 1.82) is 0 Å². The molecule has 3 rings (SSSR count). The number of nitrogens with zero attached hydrogens (tertiary/aromatic N) is 2. The number of hydrogen-bond acceptors (Lipinski definition) is 5. The summed E-state index contributed by atoms with van der Waals surface area (Å²) in [6, 6.07) is 1.97. The first kappa shape index (κ1) is 11.8. The maximum Gasteiger partial charge on any atom is 0.286 e. The molecule has 2 aromatic rings. The monoisotopic (exact) mass is 373 g/mol. The van der Waals surface area contributed by atoms with Gasteiger partial charge in [0.15, 0.2) is 5.13 Å². The Bertz CT molecular complexity index is 641. The zero-order valence-electron chi connectivity index (χ0n) is 9.36. The highest BCUT2D eigenvalue weighted by molar-refractivity contribution is 14.1. The molecule has 1 amide bonds. The van der Waals surface area contributed by atoms with E-state index in [9.17, 15) is 4.79 Å². The van der Waals surface area contributed by atoms with Crippen LogP contribution in [0.4, 0.5) is 9.93 Å². The molecule has 0 radical (unpaired) electrons. The van der Waals surface area contributed by atoms with Crippen LogP contribution in [0.25, 0.3) is 10.4 Å². The molecule has 2 aromatic heterocycles. The van der Waals surface area contributed by atoms with Crippen molar-refractivity contribution in [2.75, 3.05) is 5.32 Å². The van der Waals surface area contributed by atoms with Crippen LogP contribution in [0.5, 0.6) is 5.75 Å². The van der Waals surface area contributed by atoms with E-state index in [1.165, 1.54) is 11.3 Å². The number of carbonyl (C=O) groups is 1. The highest BCUT2D eigenvalue weighted by Gasteiger charge is 2.22. The summed E-state index contributed by atoms with van der Waals surface area (Å²) in [5, 5.41) is 3.29. The summed E-state index contributed by atoms with van der Waals surface area (Å²) in [6.45, 7) is 2.35. The fourth-order valence-electron chi connectivity index (χ4n) is 1.78. The van der Waals surface area contributed by atoms with Crippen molar-refractivity contribution in [1.82, 2.24) is 9.97 Å². The van der Waals surface area contributed by atoms with E-state index in [2.05, 4.69) is 15.3 Å². The topological polar surface area (TPSA) is 64.1 Å². The number of halogens is 1. The molecule has 0 aliphatic carbocycles. The Morgan fingerprint density at radius 1 is 1.61 bits per heavy atom. The third-order valence-electron chi connectivity index (χ3n) is 2.52. The molecule has 1 aliphatic rings. The van der Waals surface area contributed by atoms with Gasteiger partial charge in [-0.05, 0) is 13.0 Å². The van der Waals surface area contributed by atoms with Gasteiger partial charge in [-0.2, -0.15) is 0 Å². The Morgan fingerprint density at radius 2 is 2.44 bits per heavy atom. The van der Waals surface area contributed by atoms with Crippen molar-refractivity contribution in [3.05, 3.63) is 23.7 Å². The summed E-state index contributed by atoms with van der Waals surface area (Å²) >= 11 is 3.15. The largest absolute Gasteiger partial charge is 0.485 e. The predicted octanol–water partition coefficient (Wildman–Crippen LogP) is 3.37. The molecule has 1 N–H and O–H groups in total. The Balaban J connectivity index is 2.08. The SMILES string of the molecule is Cc1cc2c(cn1)OCc1nc(NC(=O)I)sc1-2. The van der Waals surface area contributed by atoms with Gasteiger partial charge in [-0.3, -0.25) is 15.1 Å². The lowest BCUT2D eigenvalue weighted by atomic mass is 10.1. The smallest absolute Gasteiger partial charge is 0.286 e. The number of rotatable bonds is 1. The number of anilines is 1. The molecule has 92 valence electrons. The normalized spacial score (nSPS) is 12.3. The van der Waals surface area contributed by atoms with Crippen LogP contribution in [0.15, 0.2) is 12.3 Å². The summed E-state index contributed by atoms with van der Waals surface area (Å²) < 4.78 is 5.44. The molecule has 0 bridgehead atoms. The van der Waals surface area contributed by atoms with Crippen molar-refractivity contribution in [2.24, 2.45) is 0 Å². The molecular formula is C11H8IN3O2S. The molecule has 7 heteroatoms. The Kier molecular flexibility index (Phi) is 2.94. The molecule has 0 saturated heterocycles. The van der Waals surface area contributed by atoms with Crippen molar-refractivity contribution in [3.8, 4) is 16.2 Å². The van der Waals surface area contributed by atoms with Gasteiger partial charge in [0.25, 0.3) is 3.91 Å². The number of pyridine rings is 1. The van der Waals surface area contributed by atoms with E-state index in [0.717, 1.165) is 27.6 Å². The van der Waals surface area contributed by atoms with Crippen LogP contribution in [-0.2, 0) is 6.61 Å². The lowest BCUT2D eigenvalue weighted by molar-refractivity contribution is 0.271. The number of nitrogens with one attached hydrogen (secondary N) is 1. The number of carbonyl (C=O) groups excluding carboxylic acids is 1. The predicted molar refractivity (Wildman–Crippen MR) is 77.5 cm³/mol. The second-order valence-electron chi connectivity index (χ2n) is 3.80. The van der Waals surface area contributed by atoms with E-state index in [1.54, 1.807) is 28.8 Å². The van der Waals surface area contributed by atoms with Gasteiger partial charge in [0.1, 0.15) is 12.4 Å². The maximum absolute atomic E-state index is 11.0. The van der Waals surface area contributed by atoms with Crippen LogP contribution in [0.2, 0.25) is 0 Å². The second-order valence-corrected chi connectivity index (χ2v) is 5.78. The van der Waals surface area contributed by atoms with E-state index < -0.39 is 0 Å². The van der Waals surface area contributed by atoms with Gasteiger partial charge >= 0.3 is 0 Å². The molecule has 0 atom stereocenters. The van der Waals surface area contributed by atoms with Crippen LogP contribution in [-0.4, -0.2) is 13.9 Å². The first-order valence-electron chi connectivity index (χ1n) is 5.19.